The molecule has 1 aliphatic rings. The van der Waals surface area contributed by atoms with Crippen molar-refractivity contribution < 1.29 is 4.79 Å². The molecule has 4 N–H and O–H groups in total. The summed E-state index contributed by atoms with van der Waals surface area (Å²) in [7, 11) is 0. The zero-order valence-corrected chi connectivity index (χ0v) is 20.7. The first-order chi connectivity index (χ1) is 17.2. The normalized spacial score (nSPS) is 15.2. The average molecular weight is 475 g/mol. The van der Waals surface area contributed by atoms with E-state index in [0.29, 0.717) is 12.4 Å². The summed E-state index contributed by atoms with van der Waals surface area (Å²) in [4.78, 5) is 21.5. The Hall–Kier alpha value is -2.87. The van der Waals surface area contributed by atoms with Gasteiger partial charge in [-0.3, -0.25) is 9.78 Å². The quantitative estimate of drug-likeness (QED) is 0.295. The topological polar surface area (TPSA) is 91.0 Å². The van der Waals surface area contributed by atoms with E-state index in [2.05, 4.69) is 43.4 Å². The molecule has 2 aromatic heterocycles. The van der Waals surface area contributed by atoms with Crippen LogP contribution in [0.3, 0.4) is 0 Å². The first kappa shape index (κ1) is 25.2. The molecule has 7 heteroatoms. The Kier molecular flexibility index (Phi) is 9.57. The Morgan fingerprint density at radius 1 is 1.03 bits per heavy atom. The van der Waals surface area contributed by atoms with Crippen molar-refractivity contribution in [2.75, 3.05) is 18.4 Å². The lowest BCUT2D eigenvalue weighted by atomic mass is 9.95. The van der Waals surface area contributed by atoms with E-state index in [4.69, 9.17) is 0 Å². The number of fused-ring (bicyclic) bond motifs is 1. The van der Waals surface area contributed by atoms with Crippen molar-refractivity contribution in [3.05, 3.63) is 66.0 Å². The van der Waals surface area contributed by atoms with Gasteiger partial charge in [0.25, 0.3) is 0 Å². The number of benzene rings is 1. The SMILES string of the molecule is C[C@H](NCc1ccccn1)C(=O)Nc1ccc2cc(CNCCCNC3CCCCC3)ccc2n1. The van der Waals surface area contributed by atoms with E-state index in [1.54, 1.807) is 6.20 Å². The van der Waals surface area contributed by atoms with Crippen LogP contribution in [0, 0.1) is 0 Å². The molecule has 0 saturated heterocycles. The first-order valence-electron chi connectivity index (χ1n) is 13.0. The van der Waals surface area contributed by atoms with Gasteiger partial charge in [0, 0.05) is 30.7 Å². The van der Waals surface area contributed by atoms with Gasteiger partial charge >= 0.3 is 0 Å². The van der Waals surface area contributed by atoms with Gasteiger partial charge in [0.15, 0.2) is 0 Å². The zero-order chi connectivity index (χ0) is 24.3. The minimum Gasteiger partial charge on any atom is -0.314 e. The molecule has 2 heterocycles. The second-order valence-corrected chi connectivity index (χ2v) is 9.46. The van der Waals surface area contributed by atoms with Crippen molar-refractivity contribution in [1.29, 1.82) is 0 Å². The molecular weight excluding hydrogens is 436 g/mol. The maximum atomic E-state index is 12.6. The van der Waals surface area contributed by atoms with Gasteiger partial charge in [0.05, 0.1) is 17.3 Å². The number of hydrogen-bond donors (Lipinski definition) is 4. The minimum atomic E-state index is -0.360. The van der Waals surface area contributed by atoms with E-state index in [0.717, 1.165) is 48.7 Å². The van der Waals surface area contributed by atoms with Gasteiger partial charge in [0.1, 0.15) is 5.82 Å². The Balaban J connectivity index is 1.19. The maximum Gasteiger partial charge on any atom is 0.242 e. The molecule has 1 saturated carbocycles. The van der Waals surface area contributed by atoms with Crippen LogP contribution in [-0.2, 0) is 17.9 Å². The number of hydrogen-bond acceptors (Lipinski definition) is 6. The van der Waals surface area contributed by atoms with Gasteiger partial charge in [0.2, 0.25) is 5.91 Å². The third-order valence-corrected chi connectivity index (χ3v) is 6.61. The van der Waals surface area contributed by atoms with Gasteiger partial charge in [-0.15, -0.1) is 0 Å². The highest BCUT2D eigenvalue weighted by Gasteiger charge is 2.14. The first-order valence-corrected chi connectivity index (χ1v) is 13.0. The lowest BCUT2D eigenvalue weighted by Gasteiger charge is -2.22. The van der Waals surface area contributed by atoms with Crippen LogP contribution < -0.4 is 21.3 Å². The number of rotatable bonds is 12. The van der Waals surface area contributed by atoms with Gasteiger partial charge in [-0.1, -0.05) is 31.4 Å². The fourth-order valence-corrected chi connectivity index (χ4v) is 4.50. The van der Waals surface area contributed by atoms with Crippen molar-refractivity contribution in [3.63, 3.8) is 0 Å². The molecule has 186 valence electrons. The van der Waals surface area contributed by atoms with Crippen molar-refractivity contribution in [3.8, 4) is 0 Å². The highest BCUT2D eigenvalue weighted by Crippen LogP contribution is 2.18. The molecule has 3 aromatic rings. The number of nitrogens with one attached hydrogen (secondary N) is 4. The second kappa shape index (κ2) is 13.3. The predicted molar refractivity (Wildman–Crippen MR) is 142 cm³/mol. The van der Waals surface area contributed by atoms with Gasteiger partial charge < -0.3 is 21.3 Å². The van der Waals surface area contributed by atoms with Crippen LogP contribution in [0.4, 0.5) is 5.82 Å². The number of nitrogens with zero attached hydrogens (tertiary/aromatic N) is 2. The van der Waals surface area contributed by atoms with E-state index in [1.165, 1.54) is 37.7 Å². The molecular formula is C28H38N6O. The summed E-state index contributed by atoms with van der Waals surface area (Å²) in [5, 5.41) is 14.4. The van der Waals surface area contributed by atoms with E-state index in [1.807, 2.05) is 43.3 Å². The molecule has 4 rings (SSSR count). The molecule has 1 atom stereocenters. The lowest BCUT2D eigenvalue weighted by molar-refractivity contribution is -0.117. The Labute approximate surface area is 208 Å². The number of amides is 1. The zero-order valence-electron chi connectivity index (χ0n) is 20.7. The van der Waals surface area contributed by atoms with Crippen LogP contribution in [0.2, 0.25) is 0 Å². The van der Waals surface area contributed by atoms with Crippen molar-refractivity contribution in [2.24, 2.45) is 0 Å². The summed E-state index contributed by atoms with van der Waals surface area (Å²) in [5.74, 6) is 0.442. The van der Waals surface area contributed by atoms with E-state index in [9.17, 15) is 4.79 Å². The Bertz CT molecular complexity index is 1070. The fraction of sp³-hybridized carbons (Fsp3) is 0.464. The summed E-state index contributed by atoms with van der Waals surface area (Å²) >= 11 is 0. The van der Waals surface area contributed by atoms with Crippen molar-refractivity contribution in [1.82, 2.24) is 25.9 Å². The monoisotopic (exact) mass is 474 g/mol. The predicted octanol–water partition coefficient (Wildman–Crippen LogP) is 4.15. The highest BCUT2D eigenvalue weighted by molar-refractivity contribution is 5.94. The standard InChI is InChI=1S/C28H38N6O/c1-21(32-20-25-10-5-6-16-31-25)28(35)34-27-14-12-23-18-22(11-13-26(23)33-27)19-29-15-7-17-30-24-8-3-2-4-9-24/h5-6,10-14,16,18,21,24,29-30,32H,2-4,7-9,15,17,19-20H2,1H3,(H,33,34,35)/t21-/m0/s1. The molecule has 0 spiro atoms. The minimum absolute atomic E-state index is 0.119. The molecule has 1 amide bonds. The molecule has 1 aliphatic carbocycles. The molecule has 35 heavy (non-hydrogen) atoms. The summed E-state index contributed by atoms with van der Waals surface area (Å²) in [6, 6.07) is 16.3. The number of carbonyl (C=O) groups excluding carboxylic acids is 1. The van der Waals surface area contributed by atoms with Crippen LogP contribution in [-0.4, -0.2) is 41.0 Å². The Morgan fingerprint density at radius 2 is 1.91 bits per heavy atom. The van der Waals surface area contributed by atoms with Crippen LogP contribution >= 0.6 is 0 Å². The van der Waals surface area contributed by atoms with Crippen LogP contribution in [0.25, 0.3) is 10.9 Å². The Morgan fingerprint density at radius 3 is 2.74 bits per heavy atom. The molecule has 1 aromatic carbocycles. The summed E-state index contributed by atoms with van der Waals surface area (Å²) in [5.41, 5.74) is 3.01. The van der Waals surface area contributed by atoms with Gasteiger partial charge in [-0.2, -0.15) is 0 Å². The third-order valence-electron chi connectivity index (χ3n) is 6.61. The van der Waals surface area contributed by atoms with Gasteiger partial charge in [-0.25, -0.2) is 4.98 Å². The summed E-state index contributed by atoms with van der Waals surface area (Å²) in [6.07, 6.45) is 9.73. The van der Waals surface area contributed by atoms with Crippen molar-refractivity contribution in [2.45, 2.75) is 70.6 Å². The largest absolute Gasteiger partial charge is 0.314 e. The fourth-order valence-electron chi connectivity index (χ4n) is 4.50. The molecule has 7 nitrogen and oxygen atoms in total. The molecule has 0 radical (unpaired) electrons. The highest BCUT2D eigenvalue weighted by atomic mass is 16.2. The van der Waals surface area contributed by atoms with E-state index >= 15 is 0 Å². The number of aromatic nitrogens is 2. The number of anilines is 1. The number of carbonyl (C=O) groups is 1. The van der Waals surface area contributed by atoms with E-state index in [-0.39, 0.29) is 11.9 Å². The van der Waals surface area contributed by atoms with Crippen LogP contribution in [0.15, 0.2) is 54.7 Å². The number of pyridine rings is 2. The molecule has 0 aliphatic heterocycles. The third kappa shape index (κ3) is 8.09. The van der Waals surface area contributed by atoms with Crippen molar-refractivity contribution >= 4 is 22.6 Å². The maximum absolute atomic E-state index is 12.6. The van der Waals surface area contributed by atoms with Gasteiger partial charge in [-0.05, 0) is 81.2 Å². The van der Waals surface area contributed by atoms with Crippen LogP contribution in [0.5, 0.6) is 0 Å². The van der Waals surface area contributed by atoms with E-state index < -0.39 is 0 Å². The molecule has 0 unspecified atom stereocenters. The summed E-state index contributed by atoms with van der Waals surface area (Å²) in [6.45, 7) is 5.31. The second-order valence-electron chi connectivity index (χ2n) is 9.46. The van der Waals surface area contributed by atoms with Crippen LogP contribution in [0.1, 0.15) is 56.7 Å². The lowest BCUT2D eigenvalue weighted by Crippen LogP contribution is -2.37. The molecule has 1 fully saturated rings. The average Bonchev–Trinajstić information content (AvgIpc) is 2.90. The summed E-state index contributed by atoms with van der Waals surface area (Å²) < 4.78 is 0. The molecule has 0 bridgehead atoms. The smallest absolute Gasteiger partial charge is 0.242 e.